The fourth-order valence-electron chi connectivity index (χ4n) is 4.31. The number of H-pyrrole nitrogens is 1. The molecule has 6 rings (SSSR count). The molecule has 1 aromatic carbocycles. The number of nitrogens with zero attached hydrogens (tertiary/aromatic N) is 6. The van der Waals surface area contributed by atoms with Gasteiger partial charge in [0.2, 0.25) is 0 Å². The predicted molar refractivity (Wildman–Crippen MR) is 135 cm³/mol. The Morgan fingerprint density at radius 3 is 2.80 bits per heavy atom. The topological polar surface area (TPSA) is 93.5 Å². The van der Waals surface area contributed by atoms with Gasteiger partial charge in [0.1, 0.15) is 28.6 Å². The van der Waals surface area contributed by atoms with Crippen molar-refractivity contribution in [3.63, 3.8) is 0 Å². The summed E-state index contributed by atoms with van der Waals surface area (Å²) in [4.78, 5) is 11.5. The van der Waals surface area contributed by atoms with Crippen LogP contribution in [0.25, 0.3) is 38.0 Å². The summed E-state index contributed by atoms with van der Waals surface area (Å²) < 4.78 is 13.4. The van der Waals surface area contributed by atoms with Gasteiger partial charge in [-0.05, 0) is 13.0 Å². The molecule has 4 aromatic heterocycles. The third-order valence-corrected chi connectivity index (χ3v) is 7.16. The van der Waals surface area contributed by atoms with Crippen molar-refractivity contribution in [2.75, 3.05) is 39.5 Å². The number of aromatic nitrogens is 6. The van der Waals surface area contributed by atoms with Crippen molar-refractivity contribution in [2.24, 2.45) is 0 Å². The summed E-state index contributed by atoms with van der Waals surface area (Å²) >= 11 is 1.58. The Kier molecular flexibility index (Phi) is 5.99. The van der Waals surface area contributed by atoms with Gasteiger partial charge in [-0.2, -0.15) is 5.10 Å². The lowest BCUT2D eigenvalue weighted by atomic mass is 10.1. The van der Waals surface area contributed by atoms with Gasteiger partial charge in [0.05, 0.1) is 35.7 Å². The van der Waals surface area contributed by atoms with Crippen LogP contribution in [0, 0.1) is 6.92 Å². The normalized spacial score (nSPS) is 14.5. The lowest BCUT2D eigenvalue weighted by Crippen LogP contribution is -2.38. The maximum Gasteiger partial charge on any atom is 0.173 e. The number of nitrogens with one attached hydrogen (secondary N) is 1. The maximum atomic E-state index is 6.11. The van der Waals surface area contributed by atoms with Crippen LogP contribution in [-0.4, -0.2) is 74.1 Å². The summed E-state index contributed by atoms with van der Waals surface area (Å²) in [6.45, 7) is 7.01. The number of fused-ring (bicyclic) bond motifs is 1. The largest absolute Gasteiger partial charge is 0.492 e. The molecule has 1 N–H and O–H groups in total. The highest BCUT2D eigenvalue weighted by atomic mass is 32.1. The summed E-state index contributed by atoms with van der Waals surface area (Å²) in [5.41, 5.74) is 4.77. The lowest BCUT2D eigenvalue weighted by molar-refractivity contribution is 0.0322. The first-order valence-corrected chi connectivity index (χ1v) is 12.4. The number of aryl methyl sites for hydroxylation is 1. The standard InChI is InChI=1S/C25H25N7O2S/c1-17-21(20-15-19(7-8-32(20)30-17)34-14-11-31-9-12-33-13-10-31)25-28-22(18-5-3-2-4-6-18)23(35-25)24-26-16-27-29-24/h2-8,15-16H,9-14H2,1H3,(H,26,27,29). The second-order valence-electron chi connectivity index (χ2n) is 8.36. The van der Waals surface area contributed by atoms with Crippen LogP contribution < -0.4 is 4.74 Å². The van der Waals surface area contributed by atoms with Crippen LogP contribution in [0.3, 0.4) is 0 Å². The van der Waals surface area contributed by atoms with Gasteiger partial charge in [-0.25, -0.2) is 9.50 Å². The zero-order valence-corrected chi connectivity index (χ0v) is 20.2. The van der Waals surface area contributed by atoms with Gasteiger partial charge in [0.15, 0.2) is 5.82 Å². The van der Waals surface area contributed by atoms with Crippen LogP contribution in [0.1, 0.15) is 5.69 Å². The fourth-order valence-corrected chi connectivity index (χ4v) is 5.45. The highest BCUT2D eigenvalue weighted by Gasteiger charge is 2.22. The lowest BCUT2D eigenvalue weighted by Gasteiger charge is -2.26. The Balaban J connectivity index is 1.35. The Morgan fingerprint density at radius 2 is 2.00 bits per heavy atom. The third kappa shape index (κ3) is 4.43. The first-order chi connectivity index (χ1) is 17.3. The Labute approximate surface area is 206 Å². The van der Waals surface area contributed by atoms with E-state index in [2.05, 4.69) is 32.2 Å². The van der Waals surface area contributed by atoms with Crippen LogP contribution in [-0.2, 0) is 4.74 Å². The average molecular weight is 488 g/mol. The summed E-state index contributed by atoms with van der Waals surface area (Å²) in [5, 5.41) is 13.8. The molecule has 0 radical (unpaired) electrons. The van der Waals surface area contributed by atoms with Crippen LogP contribution in [0.2, 0.25) is 0 Å². The molecule has 0 atom stereocenters. The summed E-state index contributed by atoms with van der Waals surface area (Å²) in [6, 6.07) is 14.1. The van der Waals surface area contributed by atoms with Crippen LogP contribution >= 0.6 is 11.3 Å². The smallest absolute Gasteiger partial charge is 0.173 e. The highest BCUT2D eigenvalue weighted by molar-refractivity contribution is 7.19. The number of aromatic amines is 1. The molecule has 10 heteroatoms. The molecule has 1 fully saturated rings. The number of pyridine rings is 1. The molecule has 0 unspecified atom stereocenters. The van der Waals surface area contributed by atoms with E-state index >= 15 is 0 Å². The van der Waals surface area contributed by atoms with Crippen LogP contribution in [0.4, 0.5) is 0 Å². The zero-order chi connectivity index (χ0) is 23.6. The van der Waals surface area contributed by atoms with Gasteiger partial charge in [-0.15, -0.1) is 21.5 Å². The van der Waals surface area contributed by atoms with Gasteiger partial charge < -0.3 is 14.5 Å². The highest BCUT2D eigenvalue weighted by Crippen LogP contribution is 2.41. The first-order valence-electron chi connectivity index (χ1n) is 11.6. The molecule has 0 bridgehead atoms. The fraction of sp³-hybridized carbons (Fsp3) is 0.280. The van der Waals surface area contributed by atoms with E-state index in [-0.39, 0.29) is 0 Å². The van der Waals surface area contributed by atoms with Crippen molar-refractivity contribution in [1.82, 2.24) is 34.7 Å². The van der Waals surface area contributed by atoms with E-state index in [1.54, 1.807) is 17.7 Å². The van der Waals surface area contributed by atoms with E-state index < -0.39 is 0 Å². The molecule has 5 heterocycles. The van der Waals surface area contributed by atoms with Crippen molar-refractivity contribution < 1.29 is 9.47 Å². The predicted octanol–water partition coefficient (Wildman–Crippen LogP) is 3.93. The van der Waals surface area contributed by atoms with E-state index in [1.807, 2.05) is 48.0 Å². The van der Waals surface area contributed by atoms with Crippen LogP contribution in [0.5, 0.6) is 5.75 Å². The molecule has 1 aliphatic heterocycles. The number of rotatable bonds is 7. The molecular formula is C25H25N7O2S. The molecule has 0 aliphatic carbocycles. The van der Waals surface area contributed by atoms with E-state index in [4.69, 9.17) is 19.6 Å². The van der Waals surface area contributed by atoms with E-state index in [1.165, 1.54) is 0 Å². The minimum Gasteiger partial charge on any atom is -0.492 e. The van der Waals surface area contributed by atoms with E-state index in [0.29, 0.717) is 12.4 Å². The molecule has 0 spiro atoms. The van der Waals surface area contributed by atoms with Gasteiger partial charge in [-0.1, -0.05) is 30.3 Å². The van der Waals surface area contributed by atoms with Crippen molar-refractivity contribution in [3.8, 4) is 38.3 Å². The second kappa shape index (κ2) is 9.57. The molecule has 1 saturated heterocycles. The number of benzene rings is 1. The van der Waals surface area contributed by atoms with E-state index in [0.717, 1.165) is 76.5 Å². The van der Waals surface area contributed by atoms with Gasteiger partial charge in [-0.3, -0.25) is 4.90 Å². The van der Waals surface area contributed by atoms with E-state index in [9.17, 15) is 0 Å². The Morgan fingerprint density at radius 1 is 1.14 bits per heavy atom. The molecule has 0 amide bonds. The number of hydrogen-bond acceptors (Lipinski definition) is 8. The molecule has 178 valence electrons. The maximum absolute atomic E-state index is 6.11. The molecular weight excluding hydrogens is 462 g/mol. The minimum absolute atomic E-state index is 0.629. The van der Waals surface area contributed by atoms with Crippen molar-refractivity contribution >= 4 is 16.9 Å². The SMILES string of the molecule is Cc1nn2ccc(OCCN3CCOCC3)cc2c1-c1nc(-c2ccccc2)c(-c2nnc[nH]2)s1. The Bertz CT molecular complexity index is 1420. The number of hydrogen-bond donors (Lipinski definition) is 1. The number of ether oxygens (including phenoxy) is 2. The monoisotopic (exact) mass is 487 g/mol. The molecule has 5 aromatic rings. The summed E-state index contributed by atoms with van der Waals surface area (Å²) in [6.07, 6.45) is 3.53. The summed E-state index contributed by atoms with van der Waals surface area (Å²) in [7, 11) is 0. The third-order valence-electron chi connectivity index (χ3n) is 6.08. The van der Waals surface area contributed by atoms with Crippen molar-refractivity contribution in [2.45, 2.75) is 6.92 Å². The van der Waals surface area contributed by atoms with Gasteiger partial charge in [0, 0.05) is 37.5 Å². The Hall–Kier alpha value is -3.60. The van der Waals surface area contributed by atoms with Gasteiger partial charge in [0.25, 0.3) is 0 Å². The first kappa shape index (κ1) is 21.9. The van der Waals surface area contributed by atoms with Crippen LogP contribution in [0.15, 0.2) is 55.0 Å². The average Bonchev–Trinajstić information content (AvgIpc) is 3.63. The summed E-state index contributed by atoms with van der Waals surface area (Å²) in [5.74, 6) is 1.52. The number of thiazole rings is 1. The molecule has 9 nitrogen and oxygen atoms in total. The second-order valence-corrected chi connectivity index (χ2v) is 9.35. The van der Waals surface area contributed by atoms with Crippen molar-refractivity contribution in [1.29, 1.82) is 0 Å². The number of morpholine rings is 1. The quantitative estimate of drug-likeness (QED) is 0.372. The molecule has 35 heavy (non-hydrogen) atoms. The molecule has 0 saturated carbocycles. The zero-order valence-electron chi connectivity index (χ0n) is 19.3. The molecule has 1 aliphatic rings. The van der Waals surface area contributed by atoms with Gasteiger partial charge >= 0.3 is 0 Å². The van der Waals surface area contributed by atoms with Crippen molar-refractivity contribution in [3.05, 3.63) is 60.7 Å². The minimum atomic E-state index is 0.629.